The third kappa shape index (κ3) is 2.39. The molecule has 4 nitrogen and oxygen atoms in total. The van der Waals surface area contributed by atoms with Gasteiger partial charge in [-0.15, -0.1) is 0 Å². The van der Waals surface area contributed by atoms with Crippen LogP contribution in [0.3, 0.4) is 0 Å². The average Bonchev–Trinajstić information content (AvgIpc) is 2.43. The van der Waals surface area contributed by atoms with Crippen molar-refractivity contribution in [3.05, 3.63) is 35.1 Å². The lowest BCUT2D eigenvalue weighted by atomic mass is 9.91. The van der Waals surface area contributed by atoms with Gasteiger partial charge in [-0.3, -0.25) is 21.1 Å². The Hall–Kier alpha value is -1.01. The summed E-state index contributed by atoms with van der Waals surface area (Å²) in [5.41, 5.74) is 5.00. The molecule has 0 saturated carbocycles. The first kappa shape index (κ1) is 13.0. The highest BCUT2D eigenvalue weighted by Crippen LogP contribution is 2.28. The maximum Gasteiger partial charge on any atom is 0.123 e. The molecule has 5 heteroatoms. The number of nitrogens with one attached hydrogen (secondary N) is 1. The number of nitrogens with zero attached hydrogens (tertiary/aromatic N) is 2. The maximum absolute atomic E-state index is 13.2. The second kappa shape index (κ2) is 5.17. The SMILES string of the molecule is Cc1cc(F)ccc1C(NN)C1CN2CCN1CC2. The fourth-order valence-corrected chi connectivity index (χ4v) is 3.37. The summed E-state index contributed by atoms with van der Waals surface area (Å²) in [5, 5.41) is 0. The summed E-state index contributed by atoms with van der Waals surface area (Å²) < 4.78 is 13.2. The first-order valence-corrected chi connectivity index (χ1v) is 6.87. The number of nitrogens with two attached hydrogens (primary N) is 1. The number of halogens is 1. The first-order valence-electron chi connectivity index (χ1n) is 6.87. The number of rotatable bonds is 3. The smallest absolute Gasteiger partial charge is 0.123 e. The van der Waals surface area contributed by atoms with E-state index in [0.29, 0.717) is 6.04 Å². The van der Waals surface area contributed by atoms with Crippen molar-refractivity contribution in [3.8, 4) is 0 Å². The molecule has 3 aliphatic rings. The molecule has 0 spiro atoms. The quantitative estimate of drug-likeness (QED) is 0.621. The van der Waals surface area contributed by atoms with Gasteiger partial charge in [0.1, 0.15) is 5.82 Å². The molecule has 3 saturated heterocycles. The van der Waals surface area contributed by atoms with E-state index >= 15 is 0 Å². The van der Waals surface area contributed by atoms with Crippen molar-refractivity contribution in [3.63, 3.8) is 0 Å². The largest absolute Gasteiger partial charge is 0.299 e. The van der Waals surface area contributed by atoms with Gasteiger partial charge in [0.25, 0.3) is 0 Å². The number of piperazine rings is 3. The van der Waals surface area contributed by atoms with E-state index in [1.54, 1.807) is 6.07 Å². The van der Waals surface area contributed by atoms with E-state index in [9.17, 15) is 4.39 Å². The predicted octanol–water partition coefficient (Wildman–Crippen LogP) is 0.638. The number of hydrazine groups is 1. The molecule has 2 bridgehead atoms. The van der Waals surface area contributed by atoms with Gasteiger partial charge in [0, 0.05) is 38.8 Å². The van der Waals surface area contributed by atoms with E-state index in [4.69, 9.17) is 5.84 Å². The number of fused-ring (bicyclic) bond motifs is 3. The Balaban J connectivity index is 1.88. The van der Waals surface area contributed by atoms with Crippen molar-refractivity contribution in [1.29, 1.82) is 0 Å². The van der Waals surface area contributed by atoms with Crippen molar-refractivity contribution >= 4 is 0 Å². The van der Waals surface area contributed by atoms with Crippen molar-refractivity contribution in [2.75, 3.05) is 32.7 Å². The van der Waals surface area contributed by atoms with Crippen LogP contribution in [-0.2, 0) is 0 Å². The normalized spacial score (nSPS) is 31.4. The Kier molecular flexibility index (Phi) is 3.54. The lowest BCUT2D eigenvalue weighted by Gasteiger charge is -2.50. The Morgan fingerprint density at radius 1 is 1.32 bits per heavy atom. The molecular formula is C14H21FN4. The summed E-state index contributed by atoms with van der Waals surface area (Å²) in [6.45, 7) is 7.48. The van der Waals surface area contributed by atoms with Crippen LogP contribution in [0.25, 0.3) is 0 Å². The summed E-state index contributed by atoms with van der Waals surface area (Å²) in [6.07, 6.45) is 0. The zero-order valence-corrected chi connectivity index (χ0v) is 11.3. The molecular weight excluding hydrogens is 243 g/mol. The number of hydrogen-bond acceptors (Lipinski definition) is 4. The van der Waals surface area contributed by atoms with Crippen LogP contribution in [0, 0.1) is 12.7 Å². The van der Waals surface area contributed by atoms with Crippen molar-refractivity contribution in [1.82, 2.24) is 15.2 Å². The van der Waals surface area contributed by atoms with E-state index < -0.39 is 0 Å². The zero-order chi connectivity index (χ0) is 13.4. The molecule has 104 valence electrons. The minimum Gasteiger partial charge on any atom is -0.299 e. The van der Waals surface area contributed by atoms with Gasteiger partial charge in [-0.25, -0.2) is 4.39 Å². The molecule has 1 aromatic carbocycles. The fraction of sp³-hybridized carbons (Fsp3) is 0.571. The van der Waals surface area contributed by atoms with Crippen LogP contribution in [-0.4, -0.2) is 48.6 Å². The van der Waals surface area contributed by atoms with Crippen LogP contribution in [0.4, 0.5) is 4.39 Å². The Morgan fingerprint density at radius 3 is 2.58 bits per heavy atom. The van der Waals surface area contributed by atoms with Crippen molar-refractivity contribution in [2.45, 2.75) is 19.0 Å². The maximum atomic E-state index is 13.2. The lowest BCUT2D eigenvalue weighted by molar-refractivity contribution is -0.00379. The Bertz CT molecular complexity index is 457. The molecule has 4 rings (SSSR count). The third-order valence-corrected chi connectivity index (χ3v) is 4.45. The molecule has 19 heavy (non-hydrogen) atoms. The minimum atomic E-state index is -0.189. The van der Waals surface area contributed by atoms with Gasteiger partial charge >= 0.3 is 0 Å². The monoisotopic (exact) mass is 264 g/mol. The van der Waals surface area contributed by atoms with E-state index in [1.807, 2.05) is 13.0 Å². The second-order valence-corrected chi connectivity index (χ2v) is 5.55. The Morgan fingerprint density at radius 2 is 2.05 bits per heavy atom. The average molecular weight is 264 g/mol. The molecule has 3 fully saturated rings. The summed E-state index contributed by atoms with van der Waals surface area (Å²) in [4.78, 5) is 4.97. The molecule has 3 heterocycles. The van der Waals surface area contributed by atoms with Gasteiger partial charge in [-0.05, 0) is 30.2 Å². The summed E-state index contributed by atoms with van der Waals surface area (Å²) in [5.74, 6) is 5.60. The summed E-state index contributed by atoms with van der Waals surface area (Å²) >= 11 is 0. The molecule has 1 aromatic rings. The number of aryl methyl sites for hydroxylation is 1. The molecule has 0 aromatic heterocycles. The highest BCUT2D eigenvalue weighted by Gasteiger charge is 2.37. The summed E-state index contributed by atoms with van der Waals surface area (Å²) in [6, 6.07) is 5.38. The van der Waals surface area contributed by atoms with Gasteiger partial charge in [0.15, 0.2) is 0 Å². The van der Waals surface area contributed by atoms with E-state index in [1.165, 1.54) is 6.07 Å². The van der Waals surface area contributed by atoms with Crippen LogP contribution in [0.5, 0.6) is 0 Å². The second-order valence-electron chi connectivity index (χ2n) is 5.55. The molecule has 0 aliphatic carbocycles. The fourth-order valence-electron chi connectivity index (χ4n) is 3.37. The first-order chi connectivity index (χ1) is 9.19. The van der Waals surface area contributed by atoms with E-state index in [-0.39, 0.29) is 11.9 Å². The van der Waals surface area contributed by atoms with Crippen LogP contribution >= 0.6 is 0 Å². The lowest BCUT2D eigenvalue weighted by Crippen LogP contribution is -2.64. The predicted molar refractivity (Wildman–Crippen MR) is 73.0 cm³/mol. The van der Waals surface area contributed by atoms with Crippen molar-refractivity contribution < 1.29 is 4.39 Å². The van der Waals surface area contributed by atoms with Crippen LogP contribution < -0.4 is 11.3 Å². The number of hydrogen-bond donors (Lipinski definition) is 2. The summed E-state index contributed by atoms with van der Waals surface area (Å²) in [7, 11) is 0. The zero-order valence-electron chi connectivity index (χ0n) is 11.3. The standard InChI is InChI=1S/C14H21FN4/c1-10-8-11(15)2-3-12(10)14(17-16)13-9-18-4-6-19(13)7-5-18/h2-3,8,13-14,17H,4-7,9,16H2,1H3. The molecule has 0 radical (unpaired) electrons. The van der Waals surface area contributed by atoms with Crippen molar-refractivity contribution in [2.24, 2.45) is 5.84 Å². The highest BCUT2D eigenvalue weighted by atomic mass is 19.1. The minimum absolute atomic E-state index is 0.0590. The third-order valence-electron chi connectivity index (χ3n) is 4.45. The van der Waals surface area contributed by atoms with Crippen LogP contribution in [0.1, 0.15) is 17.2 Å². The molecule has 2 unspecified atom stereocenters. The van der Waals surface area contributed by atoms with Gasteiger partial charge in [-0.1, -0.05) is 6.07 Å². The van der Waals surface area contributed by atoms with Gasteiger partial charge in [-0.2, -0.15) is 0 Å². The van der Waals surface area contributed by atoms with Gasteiger partial charge in [0.2, 0.25) is 0 Å². The topological polar surface area (TPSA) is 44.5 Å². The number of benzene rings is 1. The van der Waals surface area contributed by atoms with E-state index in [0.717, 1.165) is 43.9 Å². The molecule has 3 N–H and O–H groups in total. The van der Waals surface area contributed by atoms with Crippen LogP contribution in [0.2, 0.25) is 0 Å². The molecule has 0 amide bonds. The van der Waals surface area contributed by atoms with Crippen LogP contribution in [0.15, 0.2) is 18.2 Å². The van der Waals surface area contributed by atoms with E-state index in [2.05, 4.69) is 15.2 Å². The van der Waals surface area contributed by atoms with Gasteiger partial charge < -0.3 is 0 Å². The molecule has 3 aliphatic heterocycles. The highest BCUT2D eigenvalue weighted by molar-refractivity contribution is 5.31. The van der Waals surface area contributed by atoms with Gasteiger partial charge in [0.05, 0.1) is 6.04 Å². The Labute approximate surface area is 113 Å². The molecule has 2 atom stereocenters.